The van der Waals surface area contributed by atoms with Crippen molar-refractivity contribution in [1.82, 2.24) is 14.8 Å². The fourth-order valence-electron chi connectivity index (χ4n) is 6.03. The first kappa shape index (κ1) is 54.8. The molecule has 7 aromatic rings. The van der Waals surface area contributed by atoms with E-state index in [4.69, 9.17) is 31.7 Å². The van der Waals surface area contributed by atoms with Gasteiger partial charge in [0.05, 0.1) is 46.0 Å². The molecule has 0 bridgehead atoms. The predicted molar refractivity (Wildman–Crippen MR) is 246 cm³/mol. The number of phenols is 1. The van der Waals surface area contributed by atoms with Crippen molar-refractivity contribution in [2.24, 2.45) is 30.7 Å². The SMILES string of the molecule is COC(=O)c1nn(-c2ccc(S(=O)(=O)O)cc2)c(O)c1N=Nc1ccc2c(O)c(N=Nc3cc(C)c(N=Nc4nc5ccccc5s4)cc3OCCCS(=O)(=O)O)ccc2c1S(=O)(=O)O.O=C=O.O=S(=O)=O. The van der Waals surface area contributed by atoms with E-state index in [1.807, 2.05) is 24.3 Å². The Bertz CT molecular complexity index is 3780. The van der Waals surface area contributed by atoms with Crippen molar-refractivity contribution in [3.8, 4) is 23.1 Å². The van der Waals surface area contributed by atoms with E-state index in [9.17, 15) is 53.9 Å². The van der Waals surface area contributed by atoms with Gasteiger partial charge in [0.2, 0.25) is 16.7 Å². The molecule has 33 heteroatoms. The second kappa shape index (κ2) is 23.2. The van der Waals surface area contributed by atoms with Gasteiger partial charge >= 0.3 is 22.7 Å². The van der Waals surface area contributed by atoms with Gasteiger partial charge in [0.25, 0.3) is 30.4 Å². The van der Waals surface area contributed by atoms with Gasteiger partial charge in [-0.3, -0.25) is 13.7 Å². The normalized spacial score (nSPS) is 11.8. The van der Waals surface area contributed by atoms with Crippen LogP contribution in [0.1, 0.15) is 22.5 Å². The van der Waals surface area contributed by atoms with Crippen LogP contribution in [0.5, 0.6) is 17.4 Å². The number of carbonyl (C=O) groups is 1. The summed E-state index contributed by atoms with van der Waals surface area (Å²) < 4.78 is 138. The van der Waals surface area contributed by atoms with Crippen LogP contribution in [0.25, 0.3) is 26.7 Å². The Balaban J connectivity index is 0.00000129. The number of benzene rings is 5. The standard InChI is InChI=1S/C38H31N9O14S4.CO2.O3S/c1-20-18-29(30(61-16-5-17-63(51,52)53)19-28(20)42-45-38-39-25-6-3-4-7-31(25)62-38)43-40-26-14-13-24-23(34(26)48)12-15-27(35(24)65(57,58)59)41-44-32-33(37(50)60-2)46-47(36(32)49)21-8-10-22(11-9-21)64(54,55)56;2-1-3;1-4(2)3/h3-4,6-15,18-19,48-49H,5,16-17H2,1-2H3,(H,51,52,53)(H,54,55,56)(H,57,58,59);;. The third-order valence-corrected chi connectivity index (χ3v) is 12.6. The van der Waals surface area contributed by atoms with Gasteiger partial charge in [0, 0.05) is 16.8 Å². The van der Waals surface area contributed by atoms with Crippen LogP contribution in [0.2, 0.25) is 0 Å². The lowest BCUT2D eigenvalue weighted by molar-refractivity contribution is -0.191. The maximum Gasteiger partial charge on any atom is 0.425 e. The van der Waals surface area contributed by atoms with E-state index >= 15 is 0 Å². The van der Waals surface area contributed by atoms with E-state index in [1.165, 1.54) is 41.7 Å². The molecule has 7 rings (SSSR count). The summed E-state index contributed by atoms with van der Waals surface area (Å²) in [6, 6.07) is 19.3. The van der Waals surface area contributed by atoms with Crippen molar-refractivity contribution < 1.29 is 85.6 Å². The Morgan fingerprint density at radius 1 is 0.764 bits per heavy atom. The zero-order chi connectivity index (χ0) is 53.1. The van der Waals surface area contributed by atoms with Crippen LogP contribution in [0.4, 0.5) is 33.6 Å². The largest absolute Gasteiger partial charge is 0.505 e. The number of rotatable bonds is 15. The van der Waals surface area contributed by atoms with Crippen LogP contribution < -0.4 is 4.74 Å². The molecule has 72 heavy (non-hydrogen) atoms. The second-order valence-corrected chi connectivity index (χ2v) is 19.5. The first-order chi connectivity index (χ1) is 33.9. The van der Waals surface area contributed by atoms with Gasteiger partial charge in [-0.1, -0.05) is 29.5 Å². The lowest BCUT2D eigenvalue weighted by Gasteiger charge is -2.11. The van der Waals surface area contributed by atoms with E-state index in [1.54, 1.807) is 6.92 Å². The predicted octanol–water partition coefficient (Wildman–Crippen LogP) is 6.95. The molecule has 5 N–H and O–H groups in total. The van der Waals surface area contributed by atoms with Crippen molar-refractivity contribution in [3.05, 3.63) is 96.2 Å². The summed E-state index contributed by atoms with van der Waals surface area (Å²) in [4.78, 5) is 32.0. The molecule has 0 saturated heterocycles. The highest BCUT2D eigenvalue weighted by atomic mass is 32.2. The number of hydrogen-bond acceptors (Lipinski definition) is 25. The molecule has 0 atom stereocenters. The number of carbonyl (C=O) groups excluding carboxylic acids is 3. The Morgan fingerprint density at radius 2 is 1.36 bits per heavy atom. The number of para-hydroxylation sites is 1. The Labute approximate surface area is 410 Å². The van der Waals surface area contributed by atoms with Crippen LogP contribution in [0, 0.1) is 6.92 Å². The smallest absolute Gasteiger partial charge is 0.425 e. The summed E-state index contributed by atoms with van der Waals surface area (Å²) in [6.45, 7) is 1.52. The van der Waals surface area contributed by atoms with E-state index in [2.05, 4.69) is 40.8 Å². The maximum absolute atomic E-state index is 12.8. The van der Waals surface area contributed by atoms with Gasteiger partial charge < -0.3 is 19.7 Å². The number of ether oxygens (including phenoxy) is 2. The number of aromatic hydroxyl groups is 2. The average molecular weight is 1090 g/mol. The third-order valence-electron chi connectivity index (χ3n) is 9.06. The molecule has 0 radical (unpaired) electrons. The van der Waals surface area contributed by atoms with Crippen molar-refractivity contribution in [2.45, 2.75) is 23.1 Å². The number of phenolic OH excluding ortho intramolecular Hbond substituents is 1. The van der Waals surface area contributed by atoms with Crippen molar-refractivity contribution in [3.63, 3.8) is 0 Å². The van der Waals surface area contributed by atoms with Gasteiger partial charge in [0.1, 0.15) is 27.7 Å². The van der Waals surface area contributed by atoms with Crippen LogP contribution in [0.3, 0.4) is 0 Å². The second-order valence-electron chi connectivity index (χ2n) is 13.8. The molecule has 5 aromatic carbocycles. The molecule has 0 spiro atoms. The molecule has 0 aliphatic carbocycles. The summed E-state index contributed by atoms with van der Waals surface area (Å²) >= 11 is 1.32. The molecular formula is C39H31N9O19S5. The maximum atomic E-state index is 12.8. The highest BCUT2D eigenvalue weighted by Gasteiger charge is 2.27. The van der Waals surface area contributed by atoms with E-state index < -0.39 is 91.2 Å². The van der Waals surface area contributed by atoms with Gasteiger partial charge in [-0.25, -0.2) is 9.78 Å². The van der Waals surface area contributed by atoms with Crippen LogP contribution in [-0.4, -0.2) is 108 Å². The number of fused-ring (bicyclic) bond motifs is 2. The molecule has 28 nitrogen and oxygen atoms in total. The van der Waals surface area contributed by atoms with Gasteiger partial charge in [-0.2, -0.15) is 44.6 Å². The van der Waals surface area contributed by atoms with Crippen LogP contribution >= 0.6 is 11.3 Å². The molecular weight excluding hydrogens is 1060 g/mol. The minimum absolute atomic E-state index is 0.0103. The first-order valence-corrected chi connectivity index (χ1v) is 25.5. The number of azo groups is 3. The number of aryl methyl sites for hydroxylation is 1. The molecule has 0 saturated carbocycles. The Kier molecular flexibility index (Phi) is 17.6. The summed E-state index contributed by atoms with van der Waals surface area (Å²) in [5.74, 6) is -3.06. The molecule has 0 aliphatic heterocycles. The molecule has 0 fully saturated rings. The van der Waals surface area contributed by atoms with Crippen molar-refractivity contribution in [2.75, 3.05) is 19.5 Å². The average Bonchev–Trinajstić information content (AvgIpc) is 3.88. The van der Waals surface area contributed by atoms with Crippen molar-refractivity contribution in [1.29, 1.82) is 0 Å². The fourth-order valence-corrected chi connectivity index (χ4v) is 8.61. The summed E-state index contributed by atoms with van der Waals surface area (Å²) in [6.07, 6.45) is 0.155. The van der Waals surface area contributed by atoms with Gasteiger partial charge in [-0.15, -0.1) is 43.3 Å². The molecule has 2 aromatic heterocycles. The van der Waals surface area contributed by atoms with Gasteiger partial charge in [0.15, 0.2) is 11.4 Å². The third kappa shape index (κ3) is 14.0. The molecule has 0 amide bonds. The highest BCUT2D eigenvalue weighted by molar-refractivity contribution is 7.86. The zero-order valence-electron chi connectivity index (χ0n) is 36.2. The molecule has 0 unspecified atom stereocenters. The highest BCUT2D eigenvalue weighted by Crippen LogP contribution is 2.44. The number of nitrogens with zero attached hydrogens (tertiary/aromatic N) is 9. The number of aromatic nitrogens is 3. The van der Waals surface area contributed by atoms with Crippen LogP contribution in [0.15, 0.2) is 125 Å². The van der Waals surface area contributed by atoms with Crippen molar-refractivity contribution >= 4 is 119 Å². The first-order valence-electron chi connectivity index (χ1n) is 19.2. The summed E-state index contributed by atoms with van der Waals surface area (Å²) in [7, 11) is -16.1. The Morgan fingerprint density at radius 3 is 1.97 bits per heavy atom. The lowest BCUT2D eigenvalue weighted by Crippen LogP contribution is -2.08. The topological polar surface area (TPSA) is 429 Å². The Hall–Kier alpha value is -8.14. The molecule has 0 aliphatic rings. The van der Waals surface area contributed by atoms with E-state index in [-0.39, 0.29) is 52.8 Å². The minimum atomic E-state index is -5.16. The van der Waals surface area contributed by atoms with E-state index in [0.29, 0.717) is 16.4 Å². The number of thiazole rings is 1. The van der Waals surface area contributed by atoms with Crippen LogP contribution in [-0.2, 0) is 55.3 Å². The lowest BCUT2D eigenvalue weighted by atomic mass is 10.1. The number of methoxy groups -OCH3 is 1. The van der Waals surface area contributed by atoms with E-state index in [0.717, 1.165) is 52.3 Å². The minimum Gasteiger partial charge on any atom is -0.505 e. The number of esters is 1. The summed E-state index contributed by atoms with van der Waals surface area (Å²) in [5, 5.41) is 50.9. The quantitative estimate of drug-likeness (QED) is 0.0300. The number of hydrogen-bond donors (Lipinski definition) is 5. The fraction of sp³-hybridized carbons (Fsp3) is 0.128. The molecule has 2 heterocycles. The summed E-state index contributed by atoms with van der Waals surface area (Å²) in [5.41, 5.74) is -0.245. The zero-order valence-corrected chi connectivity index (χ0v) is 40.3. The van der Waals surface area contributed by atoms with Gasteiger partial charge in [-0.05, 0) is 79.6 Å². The molecule has 376 valence electrons. The monoisotopic (exact) mass is 1090 g/mol.